The number of nitrogens with one attached hydrogen (secondary N) is 1. The minimum absolute atomic E-state index is 0.0894. The second-order valence-electron chi connectivity index (χ2n) is 10.4. The Morgan fingerprint density at radius 2 is 1.87 bits per heavy atom. The Kier molecular flexibility index (Phi) is 7.71. The third kappa shape index (κ3) is 5.42. The normalized spacial score (nSPS) is 24.0. The lowest BCUT2D eigenvalue weighted by molar-refractivity contribution is -0.138. The molecule has 10 heteroatoms. The van der Waals surface area contributed by atoms with Crippen LogP contribution >= 0.6 is 0 Å². The first-order chi connectivity index (χ1) is 18.3. The van der Waals surface area contributed by atoms with Crippen LogP contribution in [0.4, 0.5) is 10.2 Å². The highest BCUT2D eigenvalue weighted by Gasteiger charge is 2.53. The number of amides is 2. The van der Waals surface area contributed by atoms with E-state index in [1.165, 1.54) is 4.90 Å². The number of pyridine rings is 1. The summed E-state index contributed by atoms with van der Waals surface area (Å²) in [5.74, 6) is -0.200. The first-order valence-electron chi connectivity index (χ1n) is 13.1. The maximum absolute atomic E-state index is 14.5. The molecule has 3 aliphatic heterocycles. The fourth-order valence-corrected chi connectivity index (χ4v) is 5.30. The number of benzene rings is 1. The molecule has 1 aromatic carbocycles. The smallest absolute Gasteiger partial charge is 0.251 e. The fraction of sp³-hybridized carbons (Fsp3) is 0.500. The molecule has 3 saturated heterocycles. The van der Waals surface area contributed by atoms with Crippen molar-refractivity contribution in [3.8, 4) is 11.3 Å². The fourth-order valence-electron chi connectivity index (χ4n) is 5.30. The van der Waals surface area contributed by atoms with Crippen LogP contribution in [0.25, 0.3) is 11.3 Å². The number of nitrogens with zero attached hydrogens (tertiary/aromatic N) is 3. The van der Waals surface area contributed by atoms with Gasteiger partial charge < -0.3 is 24.6 Å². The minimum Gasteiger partial charge on any atom is -0.378 e. The van der Waals surface area contributed by atoms with E-state index >= 15 is 0 Å². The zero-order chi connectivity index (χ0) is 26.8. The summed E-state index contributed by atoms with van der Waals surface area (Å²) in [5, 5.41) is 2.82. The average molecular weight is 525 g/mol. The highest BCUT2D eigenvalue weighted by Crippen LogP contribution is 2.30. The molecular formula is C28H33FN4O5. The van der Waals surface area contributed by atoms with Gasteiger partial charge in [0.2, 0.25) is 5.91 Å². The largest absolute Gasteiger partial charge is 0.378 e. The number of aromatic nitrogens is 1. The molecule has 0 spiro atoms. The van der Waals surface area contributed by atoms with Gasteiger partial charge in [-0.1, -0.05) is 32.0 Å². The van der Waals surface area contributed by atoms with Crippen LogP contribution in [0.15, 0.2) is 42.5 Å². The van der Waals surface area contributed by atoms with Crippen molar-refractivity contribution in [2.24, 2.45) is 5.92 Å². The summed E-state index contributed by atoms with van der Waals surface area (Å²) in [5.41, 5.74) is 2.05. The van der Waals surface area contributed by atoms with Crippen LogP contribution in [-0.2, 0) is 19.1 Å². The molecule has 0 saturated carbocycles. The number of carbonyl (C=O) groups excluding carboxylic acids is 3. The number of Topliss-reactive ketones (excluding diaryl/α,β-unsaturated/α-hetero) is 1. The lowest BCUT2D eigenvalue weighted by atomic mass is 10.0. The molecule has 0 radical (unpaired) electrons. The van der Waals surface area contributed by atoms with Gasteiger partial charge in [-0.05, 0) is 36.6 Å². The van der Waals surface area contributed by atoms with Crippen LogP contribution in [0.2, 0.25) is 0 Å². The highest BCUT2D eigenvalue weighted by molar-refractivity contribution is 5.99. The quantitative estimate of drug-likeness (QED) is 0.593. The Morgan fingerprint density at radius 3 is 2.58 bits per heavy atom. The molecule has 3 aliphatic rings. The number of ketones is 1. The molecule has 0 aliphatic carbocycles. The molecule has 1 N–H and O–H groups in total. The number of morpholine rings is 1. The van der Waals surface area contributed by atoms with Crippen LogP contribution in [-0.4, -0.2) is 91.3 Å². The number of anilines is 1. The van der Waals surface area contributed by atoms with Crippen LogP contribution < -0.4 is 10.2 Å². The van der Waals surface area contributed by atoms with Gasteiger partial charge in [-0.15, -0.1) is 0 Å². The lowest BCUT2D eigenvalue weighted by Crippen LogP contribution is -2.52. The van der Waals surface area contributed by atoms with E-state index in [4.69, 9.17) is 14.5 Å². The van der Waals surface area contributed by atoms with Crippen LogP contribution in [0.5, 0.6) is 0 Å². The molecule has 5 rings (SSSR count). The molecule has 9 nitrogen and oxygen atoms in total. The Morgan fingerprint density at radius 1 is 1.13 bits per heavy atom. The summed E-state index contributed by atoms with van der Waals surface area (Å²) in [6, 6.07) is 11.1. The van der Waals surface area contributed by atoms with Crippen molar-refractivity contribution in [3.63, 3.8) is 0 Å². The maximum Gasteiger partial charge on any atom is 0.251 e. The Labute approximate surface area is 221 Å². The Hall–Kier alpha value is -3.37. The van der Waals surface area contributed by atoms with Gasteiger partial charge in [0.25, 0.3) is 5.91 Å². The lowest BCUT2D eigenvalue weighted by Gasteiger charge is -2.28. The number of halogens is 1. The van der Waals surface area contributed by atoms with E-state index in [1.807, 2.05) is 44.2 Å². The van der Waals surface area contributed by atoms with Crippen molar-refractivity contribution in [1.29, 1.82) is 0 Å². The number of hydrogen-bond acceptors (Lipinski definition) is 7. The van der Waals surface area contributed by atoms with Crippen molar-refractivity contribution < 1.29 is 28.2 Å². The SMILES string of the molecule is CC(C)C[C@H](NC(=O)c1ccc(-c2cccc(N3CCOCC3)n2)cc1)C(=O)N1C[C@H](F)[C@H]2OCC(=O)[C@H]21. The maximum atomic E-state index is 14.5. The minimum atomic E-state index is -1.42. The standard InChI is InChI=1S/C28H33FN4O5/c1-17(2)14-22(28(36)33-15-20(29)26-25(33)23(34)16-38-26)31-27(35)19-8-6-18(7-9-19)21-4-3-5-24(30-21)32-10-12-37-13-11-32/h3-9,17,20,22,25-26H,10-16H2,1-2H3,(H,31,35)/t20-,22-,25+,26+/m0/s1. The number of carbonyl (C=O) groups is 3. The number of hydrogen-bond donors (Lipinski definition) is 1. The molecule has 4 atom stereocenters. The van der Waals surface area contributed by atoms with Gasteiger partial charge in [0.1, 0.15) is 36.8 Å². The number of rotatable bonds is 7. The first kappa shape index (κ1) is 26.2. The van der Waals surface area contributed by atoms with Gasteiger partial charge in [-0.2, -0.15) is 0 Å². The van der Waals surface area contributed by atoms with E-state index in [1.54, 1.807) is 12.1 Å². The monoisotopic (exact) mass is 524 g/mol. The van der Waals surface area contributed by atoms with Crippen molar-refractivity contribution in [2.75, 3.05) is 44.4 Å². The van der Waals surface area contributed by atoms with Gasteiger partial charge in [0.15, 0.2) is 5.78 Å². The van der Waals surface area contributed by atoms with E-state index < -0.39 is 36.2 Å². The number of likely N-dealkylation sites (tertiary alicyclic amines) is 1. The van der Waals surface area contributed by atoms with Crippen LogP contribution in [0.3, 0.4) is 0 Å². The summed E-state index contributed by atoms with van der Waals surface area (Å²) in [4.78, 5) is 47.0. The van der Waals surface area contributed by atoms with Gasteiger partial charge in [0.05, 0.1) is 25.5 Å². The summed E-state index contributed by atoms with van der Waals surface area (Å²) < 4.78 is 25.1. The van der Waals surface area contributed by atoms with E-state index in [2.05, 4.69) is 10.2 Å². The summed E-state index contributed by atoms with van der Waals surface area (Å²) in [6.07, 6.45) is -1.99. The topological polar surface area (TPSA) is 101 Å². The molecule has 0 unspecified atom stereocenters. The molecule has 2 aromatic rings. The van der Waals surface area contributed by atoms with Gasteiger partial charge in [-0.25, -0.2) is 9.37 Å². The van der Waals surface area contributed by atoms with Gasteiger partial charge >= 0.3 is 0 Å². The summed E-state index contributed by atoms with van der Waals surface area (Å²) >= 11 is 0. The molecule has 4 heterocycles. The number of fused-ring (bicyclic) bond motifs is 1. The number of alkyl halides is 1. The molecule has 2 amide bonds. The molecule has 38 heavy (non-hydrogen) atoms. The van der Waals surface area contributed by atoms with Crippen LogP contribution in [0.1, 0.15) is 30.6 Å². The van der Waals surface area contributed by atoms with Crippen LogP contribution in [0, 0.1) is 5.92 Å². The summed E-state index contributed by atoms with van der Waals surface area (Å²) in [7, 11) is 0. The van der Waals surface area contributed by atoms with Crippen molar-refractivity contribution in [3.05, 3.63) is 48.0 Å². The molecule has 202 valence electrons. The first-order valence-corrected chi connectivity index (χ1v) is 13.1. The highest BCUT2D eigenvalue weighted by atomic mass is 19.1. The second kappa shape index (κ2) is 11.2. The van der Waals surface area contributed by atoms with E-state index in [0.717, 1.165) is 30.2 Å². The Bertz CT molecular complexity index is 1180. The van der Waals surface area contributed by atoms with Gasteiger partial charge in [0, 0.05) is 24.2 Å². The second-order valence-corrected chi connectivity index (χ2v) is 10.4. The molecular weight excluding hydrogens is 491 g/mol. The van der Waals surface area contributed by atoms with Crippen molar-refractivity contribution >= 4 is 23.4 Å². The van der Waals surface area contributed by atoms with E-state index in [9.17, 15) is 18.8 Å². The molecule has 1 aromatic heterocycles. The van der Waals surface area contributed by atoms with Gasteiger partial charge in [-0.3, -0.25) is 14.4 Å². The third-order valence-electron chi connectivity index (χ3n) is 7.23. The predicted molar refractivity (Wildman–Crippen MR) is 139 cm³/mol. The van der Waals surface area contributed by atoms with E-state index in [-0.39, 0.29) is 24.9 Å². The summed E-state index contributed by atoms with van der Waals surface area (Å²) in [6.45, 7) is 6.39. The molecule has 3 fully saturated rings. The number of ether oxygens (including phenoxy) is 2. The predicted octanol–water partition coefficient (Wildman–Crippen LogP) is 2.25. The third-order valence-corrected chi connectivity index (χ3v) is 7.23. The van der Waals surface area contributed by atoms with Crippen molar-refractivity contribution in [2.45, 2.75) is 44.6 Å². The van der Waals surface area contributed by atoms with E-state index in [0.29, 0.717) is 25.2 Å². The molecule has 0 bridgehead atoms. The zero-order valence-electron chi connectivity index (χ0n) is 21.6. The average Bonchev–Trinajstić information content (AvgIpc) is 3.48. The Balaban J connectivity index is 1.29. The van der Waals surface area contributed by atoms with Crippen molar-refractivity contribution in [1.82, 2.24) is 15.2 Å². The zero-order valence-corrected chi connectivity index (χ0v) is 21.6.